The summed E-state index contributed by atoms with van der Waals surface area (Å²) in [4.78, 5) is 11.9. The lowest BCUT2D eigenvalue weighted by Crippen LogP contribution is -2.17. The molecule has 0 bridgehead atoms. The van der Waals surface area contributed by atoms with Crippen molar-refractivity contribution in [2.45, 2.75) is 39.0 Å². The van der Waals surface area contributed by atoms with E-state index < -0.39 is 0 Å². The Bertz CT molecular complexity index is 727. The van der Waals surface area contributed by atoms with Gasteiger partial charge in [-0.05, 0) is 36.6 Å². The molecule has 0 atom stereocenters. The van der Waals surface area contributed by atoms with Crippen LogP contribution < -0.4 is 5.43 Å². The maximum atomic E-state index is 11.9. The number of hydrogen-bond donors (Lipinski definition) is 3. The van der Waals surface area contributed by atoms with Crippen molar-refractivity contribution in [1.29, 1.82) is 0 Å². The second-order valence-corrected chi connectivity index (χ2v) is 5.92. The number of nitrogens with one attached hydrogen (secondary N) is 1. The average molecular weight is 340 g/mol. The fourth-order valence-corrected chi connectivity index (χ4v) is 2.50. The number of rotatable bonds is 8. The van der Waals surface area contributed by atoms with Crippen LogP contribution in [0.25, 0.3) is 0 Å². The molecular formula is C20H24N2O3. The zero-order chi connectivity index (χ0) is 18.1. The van der Waals surface area contributed by atoms with Gasteiger partial charge < -0.3 is 10.2 Å². The largest absolute Gasteiger partial charge is 0.508 e. The highest BCUT2D eigenvalue weighted by atomic mass is 16.3. The average Bonchev–Trinajstić information content (AvgIpc) is 2.62. The maximum absolute atomic E-state index is 11.9. The van der Waals surface area contributed by atoms with Crippen molar-refractivity contribution in [3.63, 3.8) is 0 Å². The first-order valence-corrected chi connectivity index (χ1v) is 8.55. The fourth-order valence-electron chi connectivity index (χ4n) is 2.50. The van der Waals surface area contributed by atoms with E-state index in [0.717, 1.165) is 31.2 Å². The lowest BCUT2D eigenvalue weighted by Gasteiger charge is -2.08. The number of aromatic hydroxyl groups is 2. The molecule has 0 aliphatic heterocycles. The van der Waals surface area contributed by atoms with E-state index in [1.54, 1.807) is 30.3 Å². The number of nitrogens with zero attached hydrogens (tertiary/aromatic N) is 1. The minimum atomic E-state index is -0.324. The molecule has 1 amide bonds. The number of aryl methyl sites for hydroxylation is 1. The van der Waals surface area contributed by atoms with E-state index in [0.29, 0.717) is 11.1 Å². The van der Waals surface area contributed by atoms with Gasteiger partial charge in [-0.15, -0.1) is 0 Å². The fraction of sp³-hybridized carbons (Fsp3) is 0.300. The van der Waals surface area contributed by atoms with Gasteiger partial charge in [-0.1, -0.05) is 44.4 Å². The second-order valence-electron chi connectivity index (χ2n) is 5.92. The number of carbonyl (C=O) groups is 1. The van der Waals surface area contributed by atoms with Crippen molar-refractivity contribution >= 4 is 12.1 Å². The number of benzene rings is 2. The number of phenolic OH excluding ortho intramolecular Hbond substituents is 2. The lowest BCUT2D eigenvalue weighted by atomic mass is 10.0. The molecule has 0 aliphatic rings. The number of carbonyl (C=O) groups excluding carboxylic acids is 1. The standard InChI is InChI=1S/C20H24N2O3/c1-2-3-4-6-11-16-12-17(19(24)13-18(16)23)14-21-22-20(25)15-9-7-5-8-10-15/h5,7-10,12-14,23-24H,2-4,6,11H2,1H3,(H,22,25). The Morgan fingerprint density at radius 1 is 1.08 bits per heavy atom. The van der Waals surface area contributed by atoms with Crippen LogP contribution in [0.4, 0.5) is 0 Å². The van der Waals surface area contributed by atoms with Gasteiger partial charge in [-0.25, -0.2) is 5.43 Å². The zero-order valence-electron chi connectivity index (χ0n) is 14.4. The highest BCUT2D eigenvalue weighted by molar-refractivity contribution is 5.95. The Hall–Kier alpha value is -2.82. The third-order valence-corrected chi connectivity index (χ3v) is 3.93. The summed E-state index contributed by atoms with van der Waals surface area (Å²) in [7, 11) is 0. The van der Waals surface area contributed by atoms with Gasteiger partial charge in [0.05, 0.1) is 6.21 Å². The van der Waals surface area contributed by atoms with E-state index in [-0.39, 0.29) is 17.4 Å². The van der Waals surface area contributed by atoms with Crippen molar-refractivity contribution in [2.24, 2.45) is 5.10 Å². The molecule has 3 N–H and O–H groups in total. The van der Waals surface area contributed by atoms with Crippen LogP contribution in [0.1, 0.15) is 54.1 Å². The Morgan fingerprint density at radius 2 is 1.84 bits per heavy atom. The molecule has 5 nitrogen and oxygen atoms in total. The van der Waals surface area contributed by atoms with Crippen LogP contribution in [-0.2, 0) is 6.42 Å². The predicted molar refractivity (Wildman–Crippen MR) is 99.1 cm³/mol. The van der Waals surface area contributed by atoms with Crippen LogP contribution >= 0.6 is 0 Å². The summed E-state index contributed by atoms with van der Waals surface area (Å²) in [5.74, 6) is -0.318. The summed E-state index contributed by atoms with van der Waals surface area (Å²) in [6.07, 6.45) is 6.52. The SMILES string of the molecule is CCCCCCc1cc(C=NNC(=O)c2ccccc2)c(O)cc1O. The molecule has 0 saturated carbocycles. The van der Waals surface area contributed by atoms with Crippen LogP contribution in [0.2, 0.25) is 0 Å². The van der Waals surface area contributed by atoms with E-state index in [2.05, 4.69) is 17.5 Å². The molecule has 5 heteroatoms. The Kier molecular flexibility index (Phi) is 7.01. The van der Waals surface area contributed by atoms with Crippen molar-refractivity contribution in [3.05, 3.63) is 59.2 Å². The van der Waals surface area contributed by atoms with Gasteiger partial charge in [0.2, 0.25) is 0 Å². The summed E-state index contributed by atoms with van der Waals surface area (Å²) in [5, 5.41) is 23.8. The van der Waals surface area contributed by atoms with E-state index in [4.69, 9.17) is 0 Å². The zero-order valence-corrected chi connectivity index (χ0v) is 14.4. The molecule has 0 spiro atoms. The lowest BCUT2D eigenvalue weighted by molar-refractivity contribution is 0.0955. The van der Waals surface area contributed by atoms with Crippen LogP contribution in [0.15, 0.2) is 47.6 Å². The minimum Gasteiger partial charge on any atom is -0.508 e. The molecule has 0 saturated heterocycles. The predicted octanol–water partition coefficient (Wildman–Crippen LogP) is 3.98. The van der Waals surface area contributed by atoms with Crippen molar-refractivity contribution in [3.8, 4) is 11.5 Å². The van der Waals surface area contributed by atoms with Gasteiger partial charge in [0.15, 0.2) is 0 Å². The van der Waals surface area contributed by atoms with Crippen molar-refractivity contribution in [1.82, 2.24) is 5.43 Å². The third-order valence-electron chi connectivity index (χ3n) is 3.93. The Balaban J connectivity index is 2.01. The van der Waals surface area contributed by atoms with Crippen LogP contribution in [0, 0.1) is 0 Å². The summed E-state index contributed by atoms with van der Waals surface area (Å²) >= 11 is 0. The number of hydrogen-bond acceptors (Lipinski definition) is 4. The third kappa shape index (κ3) is 5.64. The molecule has 2 rings (SSSR count). The quantitative estimate of drug-likeness (QED) is 0.386. The first-order valence-electron chi connectivity index (χ1n) is 8.55. The van der Waals surface area contributed by atoms with Crippen molar-refractivity contribution in [2.75, 3.05) is 0 Å². The van der Waals surface area contributed by atoms with E-state index in [9.17, 15) is 15.0 Å². The van der Waals surface area contributed by atoms with Gasteiger partial charge in [0, 0.05) is 17.2 Å². The van der Waals surface area contributed by atoms with Gasteiger partial charge >= 0.3 is 0 Å². The van der Waals surface area contributed by atoms with E-state index >= 15 is 0 Å². The van der Waals surface area contributed by atoms with Crippen LogP contribution in [0.3, 0.4) is 0 Å². The highest BCUT2D eigenvalue weighted by Gasteiger charge is 2.08. The summed E-state index contributed by atoms with van der Waals surface area (Å²) in [6.45, 7) is 2.15. The molecule has 0 fully saturated rings. The van der Waals surface area contributed by atoms with Crippen LogP contribution in [0.5, 0.6) is 11.5 Å². The van der Waals surface area contributed by atoms with Crippen LogP contribution in [-0.4, -0.2) is 22.3 Å². The van der Waals surface area contributed by atoms with Crippen molar-refractivity contribution < 1.29 is 15.0 Å². The number of phenols is 2. The molecular weight excluding hydrogens is 316 g/mol. The molecule has 2 aromatic carbocycles. The number of hydrazone groups is 1. The Morgan fingerprint density at radius 3 is 2.56 bits per heavy atom. The van der Waals surface area contributed by atoms with Gasteiger partial charge in [0.1, 0.15) is 11.5 Å². The first kappa shape index (κ1) is 18.5. The van der Waals surface area contributed by atoms with Gasteiger partial charge in [-0.2, -0.15) is 5.10 Å². The maximum Gasteiger partial charge on any atom is 0.271 e. The minimum absolute atomic E-state index is 0.0764. The first-order chi connectivity index (χ1) is 12.1. The van der Waals surface area contributed by atoms with Gasteiger partial charge in [0.25, 0.3) is 5.91 Å². The molecule has 0 radical (unpaired) electrons. The number of unbranched alkanes of at least 4 members (excludes halogenated alkanes) is 3. The second kappa shape index (κ2) is 9.47. The highest BCUT2D eigenvalue weighted by Crippen LogP contribution is 2.27. The summed E-state index contributed by atoms with van der Waals surface area (Å²) < 4.78 is 0. The normalized spacial score (nSPS) is 10.9. The van der Waals surface area contributed by atoms with E-state index in [1.807, 2.05) is 6.07 Å². The molecule has 132 valence electrons. The molecule has 0 heterocycles. The topological polar surface area (TPSA) is 81.9 Å². The summed E-state index contributed by atoms with van der Waals surface area (Å²) in [6, 6.07) is 11.8. The Labute approximate surface area is 148 Å². The molecule has 0 unspecified atom stereocenters. The monoisotopic (exact) mass is 340 g/mol. The molecule has 0 aliphatic carbocycles. The summed E-state index contributed by atoms with van der Waals surface area (Å²) in [5.41, 5.74) is 4.15. The van der Waals surface area contributed by atoms with Gasteiger partial charge in [-0.3, -0.25) is 4.79 Å². The van der Waals surface area contributed by atoms with E-state index in [1.165, 1.54) is 18.7 Å². The molecule has 0 aromatic heterocycles. The molecule has 2 aromatic rings. The molecule has 25 heavy (non-hydrogen) atoms. The number of amides is 1. The smallest absolute Gasteiger partial charge is 0.271 e.